The number of carbonyl (C=O) groups excluding carboxylic acids is 2. The number of rotatable bonds is 12. The van der Waals surface area contributed by atoms with Crippen molar-refractivity contribution in [3.8, 4) is 5.75 Å². The minimum Gasteiger partial charge on any atom is -0.497 e. The van der Waals surface area contributed by atoms with Gasteiger partial charge in [-0.25, -0.2) is 4.98 Å². The van der Waals surface area contributed by atoms with E-state index in [9.17, 15) is 9.59 Å². The number of aromatic nitrogens is 2. The van der Waals surface area contributed by atoms with Crippen LogP contribution in [0.1, 0.15) is 48.2 Å². The lowest BCUT2D eigenvalue weighted by Crippen LogP contribution is -2.64. The number of ether oxygens (including phenoxy) is 2. The highest BCUT2D eigenvalue weighted by atomic mass is 16.5. The molecule has 0 unspecified atom stereocenters. The minimum atomic E-state index is -0.497. The summed E-state index contributed by atoms with van der Waals surface area (Å²) < 4.78 is 13.5. The summed E-state index contributed by atoms with van der Waals surface area (Å²) in [6.07, 6.45) is 5.58. The predicted octanol–water partition coefficient (Wildman–Crippen LogP) is 3.57. The molecule has 3 aromatic rings. The van der Waals surface area contributed by atoms with Crippen LogP contribution in [-0.4, -0.2) is 53.1 Å². The summed E-state index contributed by atoms with van der Waals surface area (Å²) in [5, 5.41) is 0. The number of amides is 2. The number of nitrogens with zero attached hydrogens (tertiary/aromatic N) is 3. The highest BCUT2D eigenvalue weighted by Crippen LogP contribution is 2.39. The van der Waals surface area contributed by atoms with Crippen molar-refractivity contribution in [3.63, 3.8) is 0 Å². The van der Waals surface area contributed by atoms with Gasteiger partial charge in [0.2, 0.25) is 11.8 Å². The molecule has 0 radical (unpaired) electrons. The number of aryl methyl sites for hydroxylation is 2. The molecule has 2 aromatic carbocycles. The van der Waals surface area contributed by atoms with Crippen LogP contribution in [0.4, 0.5) is 0 Å². The molecular weight excluding hydrogens is 468 g/mol. The monoisotopic (exact) mass is 504 g/mol. The first-order valence-corrected chi connectivity index (χ1v) is 12.8. The predicted molar refractivity (Wildman–Crippen MR) is 141 cm³/mol. The molecule has 1 aromatic heterocycles. The van der Waals surface area contributed by atoms with Gasteiger partial charge in [-0.2, -0.15) is 0 Å². The number of benzene rings is 2. The normalized spacial score (nSPS) is 15.2. The molecule has 2 amide bonds. The van der Waals surface area contributed by atoms with Crippen LogP contribution in [-0.2, 0) is 32.8 Å². The third kappa shape index (κ3) is 6.02. The Morgan fingerprint density at radius 2 is 1.86 bits per heavy atom. The Bertz CT molecular complexity index is 1210. The first-order valence-electron chi connectivity index (χ1n) is 12.8. The van der Waals surface area contributed by atoms with Crippen LogP contribution in [0, 0.1) is 6.92 Å². The first-order chi connectivity index (χ1) is 17.8. The van der Waals surface area contributed by atoms with Gasteiger partial charge < -0.3 is 24.7 Å². The van der Waals surface area contributed by atoms with Crippen LogP contribution in [0.25, 0.3) is 0 Å². The van der Waals surface area contributed by atoms with Crippen molar-refractivity contribution in [1.82, 2.24) is 14.5 Å². The van der Waals surface area contributed by atoms with E-state index in [2.05, 4.69) is 31.0 Å². The van der Waals surface area contributed by atoms with Gasteiger partial charge in [-0.15, -0.1) is 0 Å². The highest BCUT2D eigenvalue weighted by Gasteiger charge is 2.49. The average molecular weight is 505 g/mol. The van der Waals surface area contributed by atoms with Crippen molar-refractivity contribution < 1.29 is 19.1 Å². The van der Waals surface area contributed by atoms with Crippen molar-refractivity contribution in [2.75, 3.05) is 26.8 Å². The zero-order valence-corrected chi connectivity index (χ0v) is 21.9. The first kappa shape index (κ1) is 26.4. The summed E-state index contributed by atoms with van der Waals surface area (Å²) in [7, 11) is 1.63. The maximum Gasteiger partial charge on any atom is 0.246 e. The van der Waals surface area contributed by atoms with Crippen LogP contribution in [0.2, 0.25) is 0 Å². The topological polar surface area (TPSA) is 99.7 Å². The largest absolute Gasteiger partial charge is 0.497 e. The van der Waals surface area contributed by atoms with E-state index in [4.69, 9.17) is 15.2 Å². The van der Waals surface area contributed by atoms with Gasteiger partial charge in [-0.1, -0.05) is 43.3 Å². The van der Waals surface area contributed by atoms with E-state index in [-0.39, 0.29) is 18.2 Å². The molecule has 8 heteroatoms. The lowest BCUT2D eigenvalue weighted by atomic mass is 9.82. The summed E-state index contributed by atoms with van der Waals surface area (Å²) >= 11 is 0. The molecule has 0 spiro atoms. The molecule has 8 nitrogen and oxygen atoms in total. The van der Waals surface area contributed by atoms with Gasteiger partial charge in [0.15, 0.2) is 0 Å². The molecular formula is C29H36N4O4. The minimum absolute atomic E-state index is 0.0129. The molecule has 196 valence electrons. The number of hydrogen-bond acceptors (Lipinski definition) is 5. The van der Waals surface area contributed by atoms with Gasteiger partial charge >= 0.3 is 0 Å². The van der Waals surface area contributed by atoms with Crippen LogP contribution in [0.5, 0.6) is 5.75 Å². The Morgan fingerprint density at radius 3 is 2.51 bits per heavy atom. The lowest BCUT2D eigenvalue weighted by molar-refractivity contribution is -0.175. The van der Waals surface area contributed by atoms with E-state index in [0.717, 1.165) is 34.6 Å². The number of carbonyl (C=O) groups is 2. The van der Waals surface area contributed by atoms with Gasteiger partial charge in [-0.05, 0) is 48.6 Å². The van der Waals surface area contributed by atoms with Crippen molar-refractivity contribution in [2.45, 2.75) is 51.2 Å². The summed E-state index contributed by atoms with van der Waals surface area (Å²) in [6.45, 7) is 5.81. The van der Waals surface area contributed by atoms with Crippen molar-refractivity contribution in [3.05, 3.63) is 83.4 Å². The molecule has 4 rings (SSSR count). The van der Waals surface area contributed by atoms with Crippen LogP contribution >= 0.6 is 0 Å². The van der Waals surface area contributed by atoms with E-state index in [1.165, 1.54) is 0 Å². The Labute approximate surface area is 218 Å². The molecule has 1 saturated heterocycles. The van der Waals surface area contributed by atoms with Gasteiger partial charge in [0, 0.05) is 25.6 Å². The summed E-state index contributed by atoms with van der Waals surface area (Å²) in [5.41, 5.74) is 8.85. The van der Waals surface area contributed by atoms with Gasteiger partial charge in [-0.3, -0.25) is 9.59 Å². The van der Waals surface area contributed by atoms with Crippen molar-refractivity contribution in [1.29, 1.82) is 0 Å². The zero-order chi connectivity index (χ0) is 26.4. The summed E-state index contributed by atoms with van der Waals surface area (Å²) in [4.78, 5) is 31.5. The summed E-state index contributed by atoms with van der Waals surface area (Å²) in [5.74, 6) is 0.404. The van der Waals surface area contributed by atoms with Gasteiger partial charge in [0.05, 0.1) is 32.2 Å². The SMILES string of the molecule is CCCOC1(c2ccccc2C)CN(C(=O)[C@H](Cc2ccc(OC)cc2)n2cnc(CCC(N)=O)c2)C1. The second-order valence-corrected chi connectivity index (χ2v) is 9.70. The van der Waals surface area contributed by atoms with E-state index < -0.39 is 11.6 Å². The number of likely N-dealkylation sites (tertiary alicyclic amines) is 1. The molecule has 0 bridgehead atoms. The second-order valence-electron chi connectivity index (χ2n) is 9.70. The van der Waals surface area contributed by atoms with Crippen LogP contribution < -0.4 is 10.5 Å². The maximum atomic E-state index is 13.9. The molecule has 1 aliphatic heterocycles. The third-order valence-electron chi connectivity index (χ3n) is 6.94. The molecule has 1 fully saturated rings. The van der Waals surface area contributed by atoms with E-state index in [1.54, 1.807) is 13.4 Å². The van der Waals surface area contributed by atoms with Crippen LogP contribution in [0.15, 0.2) is 61.1 Å². The Hall–Kier alpha value is -3.65. The number of imidazole rings is 1. The molecule has 0 saturated carbocycles. The van der Waals surface area contributed by atoms with Gasteiger partial charge in [0.1, 0.15) is 17.4 Å². The Morgan fingerprint density at radius 1 is 1.14 bits per heavy atom. The summed E-state index contributed by atoms with van der Waals surface area (Å²) in [6, 6.07) is 15.5. The zero-order valence-electron chi connectivity index (χ0n) is 21.9. The second kappa shape index (κ2) is 11.6. The van der Waals surface area contributed by atoms with E-state index in [1.807, 2.05) is 52.1 Å². The number of hydrogen-bond donors (Lipinski definition) is 1. The molecule has 1 atom stereocenters. The maximum absolute atomic E-state index is 13.9. The standard InChI is InChI=1S/C29H36N4O4/c1-4-15-37-29(25-8-6-5-7-21(25)2)18-33(19-29)28(35)26(16-22-9-12-24(36-3)13-10-22)32-17-23(31-20-32)11-14-27(30)34/h5-10,12-13,17,20,26H,4,11,14-16,18-19H2,1-3H3,(H2,30,34)/t26-/m0/s1. The number of methoxy groups -OCH3 is 1. The highest BCUT2D eigenvalue weighted by molar-refractivity contribution is 5.82. The van der Waals surface area contributed by atoms with Crippen molar-refractivity contribution in [2.24, 2.45) is 5.73 Å². The quantitative estimate of drug-likeness (QED) is 0.407. The third-order valence-corrected chi connectivity index (χ3v) is 6.94. The lowest BCUT2D eigenvalue weighted by Gasteiger charge is -2.51. The van der Waals surface area contributed by atoms with E-state index in [0.29, 0.717) is 32.5 Å². The molecule has 2 N–H and O–H groups in total. The Balaban J connectivity index is 1.57. The molecule has 2 heterocycles. The number of primary amides is 1. The fourth-order valence-corrected chi connectivity index (χ4v) is 4.89. The number of nitrogens with two attached hydrogens (primary N) is 1. The average Bonchev–Trinajstić information content (AvgIpc) is 3.35. The molecule has 0 aliphatic carbocycles. The van der Waals surface area contributed by atoms with Crippen LogP contribution in [0.3, 0.4) is 0 Å². The van der Waals surface area contributed by atoms with Crippen molar-refractivity contribution >= 4 is 11.8 Å². The Kier molecular flexibility index (Phi) is 8.28. The van der Waals surface area contributed by atoms with Gasteiger partial charge in [0.25, 0.3) is 0 Å². The fraction of sp³-hybridized carbons (Fsp3) is 0.414. The fourth-order valence-electron chi connectivity index (χ4n) is 4.89. The molecule has 1 aliphatic rings. The molecule has 37 heavy (non-hydrogen) atoms. The smallest absolute Gasteiger partial charge is 0.246 e. The van der Waals surface area contributed by atoms with E-state index >= 15 is 0 Å².